The van der Waals surface area contributed by atoms with Crippen LogP contribution in [0.3, 0.4) is 0 Å². The molecule has 0 radical (unpaired) electrons. The number of aryl methyl sites for hydroxylation is 1. The van der Waals surface area contributed by atoms with E-state index >= 15 is 0 Å². The minimum absolute atomic E-state index is 0.375. The van der Waals surface area contributed by atoms with E-state index in [4.69, 9.17) is 4.74 Å². The fourth-order valence-corrected chi connectivity index (χ4v) is 3.00. The smallest absolute Gasteiger partial charge is 0.357 e. The first kappa shape index (κ1) is 12.7. The van der Waals surface area contributed by atoms with Crippen LogP contribution in [0.4, 0.5) is 0 Å². The van der Waals surface area contributed by atoms with Crippen molar-refractivity contribution in [3.05, 3.63) is 47.1 Å². The summed E-state index contributed by atoms with van der Waals surface area (Å²) < 4.78 is 4.74. The summed E-state index contributed by atoms with van der Waals surface area (Å²) in [6.07, 6.45) is 1.76. The van der Waals surface area contributed by atoms with Crippen LogP contribution in [0.1, 0.15) is 15.4 Å². The first-order valence-electron chi connectivity index (χ1n) is 6.10. The number of benzene rings is 1. The number of fused-ring (bicyclic) bond motifs is 1. The quantitative estimate of drug-likeness (QED) is 0.676. The molecule has 0 aliphatic rings. The number of hydrogen-bond donors (Lipinski definition) is 0. The van der Waals surface area contributed by atoms with Crippen molar-refractivity contribution < 1.29 is 9.53 Å². The van der Waals surface area contributed by atoms with Gasteiger partial charge in [-0.3, -0.25) is 4.98 Å². The predicted molar refractivity (Wildman–Crippen MR) is 78.9 cm³/mol. The van der Waals surface area contributed by atoms with Crippen LogP contribution in [0.2, 0.25) is 0 Å². The molecule has 5 heteroatoms. The summed E-state index contributed by atoms with van der Waals surface area (Å²) in [5, 5.41) is 1.84. The van der Waals surface area contributed by atoms with Crippen LogP contribution >= 0.6 is 11.3 Å². The van der Waals surface area contributed by atoms with E-state index in [0.29, 0.717) is 5.69 Å². The van der Waals surface area contributed by atoms with Crippen LogP contribution in [0.25, 0.3) is 21.5 Å². The van der Waals surface area contributed by atoms with E-state index in [0.717, 1.165) is 26.4 Å². The van der Waals surface area contributed by atoms with Gasteiger partial charge in [-0.1, -0.05) is 18.2 Å². The molecule has 0 N–H and O–H groups in total. The summed E-state index contributed by atoms with van der Waals surface area (Å²) in [6, 6.07) is 9.85. The second-order valence-corrected chi connectivity index (χ2v) is 5.50. The molecular weight excluding hydrogens is 272 g/mol. The zero-order chi connectivity index (χ0) is 14.1. The second-order valence-electron chi connectivity index (χ2n) is 4.30. The molecule has 2 aromatic heterocycles. The van der Waals surface area contributed by atoms with Gasteiger partial charge >= 0.3 is 5.97 Å². The van der Waals surface area contributed by atoms with E-state index in [-0.39, 0.29) is 0 Å². The van der Waals surface area contributed by atoms with Crippen molar-refractivity contribution in [2.45, 2.75) is 6.92 Å². The van der Waals surface area contributed by atoms with Gasteiger partial charge in [-0.15, -0.1) is 11.3 Å². The zero-order valence-electron chi connectivity index (χ0n) is 11.1. The van der Waals surface area contributed by atoms with E-state index in [9.17, 15) is 4.79 Å². The van der Waals surface area contributed by atoms with Gasteiger partial charge in [0.2, 0.25) is 0 Å². The van der Waals surface area contributed by atoms with Crippen molar-refractivity contribution in [2.75, 3.05) is 7.11 Å². The zero-order valence-corrected chi connectivity index (χ0v) is 11.9. The second kappa shape index (κ2) is 5.02. The Kier molecular flexibility index (Phi) is 3.20. The van der Waals surface area contributed by atoms with Crippen molar-refractivity contribution in [2.24, 2.45) is 0 Å². The molecule has 0 saturated carbocycles. The summed E-state index contributed by atoms with van der Waals surface area (Å²) in [7, 11) is 1.36. The molecule has 100 valence electrons. The van der Waals surface area contributed by atoms with Crippen molar-refractivity contribution >= 4 is 28.2 Å². The number of thiazole rings is 1. The molecule has 0 bridgehead atoms. The Morgan fingerprint density at radius 1 is 1.25 bits per heavy atom. The van der Waals surface area contributed by atoms with E-state index in [2.05, 4.69) is 9.97 Å². The molecule has 0 atom stereocenters. The average Bonchev–Trinajstić information content (AvgIpc) is 2.87. The third-order valence-electron chi connectivity index (χ3n) is 3.04. The standard InChI is InChI=1S/C15H12N2O2S/c1-9-12(15(18)19-2)17-14(20-9)11-7-3-5-10-6-4-8-16-13(10)11/h3-8H,1-2H3. The fraction of sp³-hybridized carbons (Fsp3) is 0.133. The molecule has 0 amide bonds. The first-order chi connectivity index (χ1) is 9.70. The lowest BCUT2D eigenvalue weighted by atomic mass is 10.1. The summed E-state index contributed by atoms with van der Waals surface area (Å²) in [6.45, 7) is 1.87. The predicted octanol–water partition coefficient (Wildman–Crippen LogP) is 3.45. The molecule has 0 aliphatic carbocycles. The maximum atomic E-state index is 11.6. The number of aromatic nitrogens is 2. The molecule has 1 aromatic carbocycles. The summed E-state index contributed by atoms with van der Waals surface area (Å²) >= 11 is 1.47. The van der Waals surface area contributed by atoms with Crippen molar-refractivity contribution in [3.8, 4) is 10.6 Å². The Balaban J connectivity index is 2.19. The maximum absolute atomic E-state index is 11.6. The van der Waals surface area contributed by atoms with E-state index in [1.165, 1.54) is 18.4 Å². The largest absolute Gasteiger partial charge is 0.464 e. The van der Waals surface area contributed by atoms with Gasteiger partial charge in [0.1, 0.15) is 5.01 Å². The minimum atomic E-state index is -0.404. The molecule has 0 fully saturated rings. The van der Waals surface area contributed by atoms with Gasteiger partial charge in [0.05, 0.1) is 12.6 Å². The molecular formula is C15H12N2O2S. The van der Waals surface area contributed by atoms with Gasteiger partial charge in [0.25, 0.3) is 0 Å². The van der Waals surface area contributed by atoms with Gasteiger partial charge in [-0.25, -0.2) is 9.78 Å². The van der Waals surface area contributed by atoms with Crippen LogP contribution < -0.4 is 0 Å². The highest BCUT2D eigenvalue weighted by Crippen LogP contribution is 2.32. The van der Waals surface area contributed by atoms with E-state index < -0.39 is 5.97 Å². The topological polar surface area (TPSA) is 52.1 Å². The van der Waals surface area contributed by atoms with Crippen LogP contribution in [-0.2, 0) is 4.74 Å². The van der Waals surface area contributed by atoms with Crippen molar-refractivity contribution in [3.63, 3.8) is 0 Å². The number of nitrogens with zero attached hydrogens (tertiary/aromatic N) is 2. The number of esters is 1. The number of pyridine rings is 1. The summed E-state index contributed by atoms with van der Waals surface area (Å²) in [4.78, 5) is 21.3. The van der Waals surface area contributed by atoms with Crippen LogP contribution in [0, 0.1) is 6.92 Å². The van der Waals surface area contributed by atoms with Crippen molar-refractivity contribution in [1.29, 1.82) is 0 Å². The number of rotatable bonds is 2. The Hall–Kier alpha value is -2.27. The number of ether oxygens (including phenoxy) is 1. The molecule has 4 nitrogen and oxygen atoms in total. The molecule has 3 aromatic rings. The number of methoxy groups -OCH3 is 1. The van der Waals surface area contributed by atoms with Crippen LogP contribution in [0.5, 0.6) is 0 Å². The molecule has 3 rings (SSSR count). The van der Waals surface area contributed by atoms with Gasteiger partial charge < -0.3 is 4.74 Å². The molecule has 20 heavy (non-hydrogen) atoms. The molecule has 2 heterocycles. The van der Waals surface area contributed by atoms with E-state index in [1.807, 2.05) is 37.3 Å². The lowest BCUT2D eigenvalue weighted by Gasteiger charge is -2.01. The highest BCUT2D eigenvalue weighted by atomic mass is 32.1. The van der Waals surface area contributed by atoms with Crippen LogP contribution in [0.15, 0.2) is 36.5 Å². The minimum Gasteiger partial charge on any atom is -0.464 e. The summed E-state index contributed by atoms with van der Waals surface area (Å²) in [5.74, 6) is -0.404. The van der Waals surface area contributed by atoms with E-state index in [1.54, 1.807) is 6.20 Å². The number of hydrogen-bond acceptors (Lipinski definition) is 5. The Morgan fingerprint density at radius 3 is 2.85 bits per heavy atom. The molecule has 0 aliphatic heterocycles. The molecule has 0 saturated heterocycles. The SMILES string of the molecule is COC(=O)c1nc(-c2cccc3cccnc23)sc1C. The summed E-state index contributed by atoms with van der Waals surface area (Å²) in [5.41, 5.74) is 2.20. The monoisotopic (exact) mass is 284 g/mol. The van der Waals surface area contributed by atoms with Crippen LogP contribution in [-0.4, -0.2) is 23.0 Å². The molecule has 0 spiro atoms. The lowest BCUT2D eigenvalue weighted by Crippen LogP contribution is -2.03. The fourth-order valence-electron chi connectivity index (χ4n) is 2.07. The normalized spacial score (nSPS) is 10.7. The Morgan fingerprint density at radius 2 is 2.05 bits per heavy atom. The van der Waals surface area contributed by atoms with Gasteiger partial charge in [-0.05, 0) is 19.1 Å². The van der Waals surface area contributed by atoms with Gasteiger partial charge in [0, 0.05) is 22.0 Å². The van der Waals surface area contributed by atoms with Gasteiger partial charge in [0.15, 0.2) is 5.69 Å². The highest BCUT2D eigenvalue weighted by Gasteiger charge is 2.17. The maximum Gasteiger partial charge on any atom is 0.357 e. The van der Waals surface area contributed by atoms with Crippen molar-refractivity contribution in [1.82, 2.24) is 9.97 Å². The average molecular weight is 284 g/mol. The molecule has 0 unspecified atom stereocenters. The third-order valence-corrected chi connectivity index (χ3v) is 4.04. The number of carbonyl (C=O) groups is 1. The third kappa shape index (κ3) is 2.06. The van der Waals surface area contributed by atoms with Gasteiger partial charge in [-0.2, -0.15) is 0 Å². The number of carbonyl (C=O) groups excluding carboxylic acids is 1. The highest BCUT2D eigenvalue weighted by molar-refractivity contribution is 7.15. The Bertz CT molecular complexity index is 790. The first-order valence-corrected chi connectivity index (χ1v) is 6.92. The Labute approximate surface area is 120 Å². The number of para-hydroxylation sites is 1. The lowest BCUT2D eigenvalue weighted by molar-refractivity contribution is 0.0594.